The van der Waals surface area contributed by atoms with E-state index in [0.29, 0.717) is 24.9 Å². The third kappa shape index (κ3) is 6.65. The highest BCUT2D eigenvalue weighted by Crippen LogP contribution is 2.50. The Morgan fingerprint density at radius 1 is 1.33 bits per heavy atom. The van der Waals surface area contributed by atoms with Crippen molar-refractivity contribution in [2.75, 3.05) is 26.0 Å². The number of rotatable bonds is 5. The molecule has 0 aromatic carbocycles. The van der Waals surface area contributed by atoms with Crippen LogP contribution in [-0.4, -0.2) is 47.6 Å². The van der Waals surface area contributed by atoms with Gasteiger partial charge in [0.25, 0.3) is 0 Å². The molecule has 1 heterocycles. The van der Waals surface area contributed by atoms with Gasteiger partial charge in [0.05, 0.1) is 24.5 Å². The Balaban J connectivity index is 2.81. The zero-order valence-corrected chi connectivity index (χ0v) is 16.0. The molecule has 0 fully saturated rings. The standard InChI is InChI=1S/C12H24N3O3PS2/c1-7-16-19(20,17-8-2)18-10-9-21-11(15(6)14-10)13-12(3,4)5/h7-9H2,1-6H3/b13-11-. The van der Waals surface area contributed by atoms with Crippen molar-refractivity contribution in [3.05, 3.63) is 0 Å². The largest absolute Gasteiger partial charge is 0.407 e. The predicted octanol–water partition coefficient (Wildman–Crippen LogP) is 3.45. The van der Waals surface area contributed by atoms with E-state index in [1.54, 1.807) is 16.8 Å². The summed E-state index contributed by atoms with van der Waals surface area (Å²) in [4.78, 5) is 4.62. The van der Waals surface area contributed by atoms with Crippen molar-refractivity contribution >= 4 is 41.4 Å². The Kier molecular flexibility index (Phi) is 7.13. The Morgan fingerprint density at radius 2 is 1.90 bits per heavy atom. The van der Waals surface area contributed by atoms with Gasteiger partial charge in [0.1, 0.15) is 0 Å². The van der Waals surface area contributed by atoms with Crippen LogP contribution in [0.2, 0.25) is 0 Å². The van der Waals surface area contributed by atoms with E-state index >= 15 is 0 Å². The number of nitrogens with zero attached hydrogens (tertiary/aromatic N) is 3. The summed E-state index contributed by atoms with van der Waals surface area (Å²) in [5.41, 5.74) is -0.143. The molecule has 0 N–H and O–H groups in total. The van der Waals surface area contributed by atoms with Crippen molar-refractivity contribution in [3.63, 3.8) is 0 Å². The van der Waals surface area contributed by atoms with Crippen LogP contribution in [0.25, 0.3) is 0 Å². The van der Waals surface area contributed by atoms with Crippen LogP contribution in [0.3, 0.4) is 0 Å². The van der Waals surface area contributed by atoms with Crippen molar-refractivity contribution in [1.82, 2.24) is 5.01 Å². The topological polar surface area (TPSA) is 55.6 Å². The summed E-state index contributed by atoms with van der Waals surface area (Å²) < 4.78 is 16.6. The summed E-state index contributed by atoms with van der Waals surface area (Å²) in [7, 11) is 1.84. The van der Waals surface area contributed by atoms with Crippen molar-refractivity contribution in [1.29, 1.82) is 0 Å². The van der Waals surface area contributed by atoms with Gasteiger partial charge in [-0.2, -0.15) is 0 Å². The number of aliphatic imine (C=N–C) groups is 1. The molecule has 0 aliphatic carbocycles. The van der Waals surface area contributed by atoms with E-state index in [2.05, 4.69) is 10.1 Å². The van der Waals surface area contributed by atoms with Gasteiger partial charge in [0.15, 0.2) is 5.17 Å². The Morgan fingerprint density at radius 3 is 2.33 bits per heavy atom. The minimum atomic E-state index is -2.75. The number of thioether (sulfide) groups is 1. The quantitative estimate of drug-likeness (QED) is 0.706. The monoisotopic (exact) mass is 353 g/mol. The number of amidine groups is 1. The molecule has 0 spiro atoms. The van der Waals surface area contributed by atoms with Crippen molar-refractivity contribution in [2.45, 2.75) is 40.2 Å². The third-order valence-electron chi connectivity index (χ3n) is 2.09. The van der Waals surface area contributed by atoms with E-state index in [0.717, 1.165) is 5.17 Å². The SMILES string of the molecule is CCOP(=S)(OCC)OC1=NN(C)/C(=N/C(C)(C)C)SC1. The molecule has 0 aromatic heterocycles. The molecule has 0 saturated heterocycles. The van der Waals surface area contributed by atoms with Crippen LogP contribution >= 0.6 is 18.5 Å². The van der Waals surface area contributed by atoms with E-state index in [1.165, 1.54) is 0 Å². The molecule has 6 nitrogen and oxygen atoms in total. The predicted molar refractivity (Wildman–Crippen MR) is 93.5 cm³/mol. The summed E-state index contributed by atoms with van der Waals surface area (Å²) in [6.45, 7) is 8.02. The van der Waals surface area contributed by atoms with Crippen molar-refractivity contribution < 1.29 is 13.6 Å². The highest BCUT2D eigenvalue weighted by molar-refractivity contribution is 8.14. The highest BCUT2D eigenvalue weighted by Gasteiger charge is 2.27. The maximum Gasteiger partial charge on any atom is 0.381 e. The lowest BCUT2D eigenvalue weighted by molar-refractivity contribution is 0.213. The van der Waals surface area contributed by atoms with Crippen LogP contribution in [0.4, 0.5) is 0 Å². The van der Waals surface area contributed by atoms with Crippen molar-refractivity contribution in [3.8, 4) is 0 Å². The highest BCUT2D eigenvalue weighted by atomic mass is 32.5. The van der Waals surface area contributed by atoms with E-state index in [-0.39, 0.29) is 5.54 Å². The first kappa shape index (κ1) is 18.9. The van der Waals surface area contributed by atoms with Gasteiger partial charge in [-0.1, -0.05) is 11.8 Å². The van der Waals surface area contributed by atoms with Gasteiger partial charge >= 0.3 is 6.72 Å². The molecular weight excluding hydrogens is 329 g/mol. The fraction of sp³-hybridized carbons (Fsp3) is 0.833. The molecular formula is C12H24N3O3PS2. The fourth-order valence-corrected chi connectivity index (χ4v) is 4.51. The minimum absolute atomic E-state index is 0.143. The average molecular weight is 353 g/mol. The second kappa shape index (κ2) is 7.92. The van der Waals surface area contributed by atoms with Gasteiger partial charge in [-0.3, -0.25) is 14.0 Å². The molecule has 0 radical (unpaired) electrons. The molecule has 0 amide bonds. The van der Waals surface area contributed by atoms with Crippen LogP contribution < -0.4 is 0 Å². The van der Waals surface area contributed by atoms with Gasteiger partial charge in [0.2, 0.25) is 5.90 Å². The van der Waals surface area contributed by atoms with E-state index in [9.17, 15) is 0 Å². The van der Waals surface area contributed by atoms with Crippen LogP contribution in [0, 0.1) is 0 Å². The Bertz CT molecular complexity index is 453. The molecule has 122 valence electrons. The molecule has 1 aliphatic rings. The van der Waals surface area contributed by atoms with Gasteiger partial charge in [-0.25, -0.2) is 5.01 Å². The van der Waals surface area contributed by atoms with Gasteiger partial charge in [-0.05, 0) is 34.6 Å². The maximum atomic E-state index is 5.72. The van der Waals surface area contributed by atoms with Crippen LogP contribution in [-0.2, 0) is 25.4 Å². The van der Waals surface area contributed by atoms with Crippen LogP contribution in [0.5, 0.6) is 0 Å². The number of hydrazone groups is 1. The fourth-order valence-electron chi connectivity index (χ4n) is 1.43. The Hall–Kier alpha value is -0.140. The first-order valence-electron chi connectivity index (χ1n) is 6.81. The average Bonchev–Trinajstić information content (AvgIpc) is 2.31. The van der Waals surface area contributed by atoms with Gasteiger partial charge < -0.3 is 4.52 Å². The summed E-state index contributed by atoms with van der Waals surface area (Å²) in [5.74, 6) is 1.08. The molecule has 21 heavy (non-hydrogen) atoms. The van der Waals surface area contributed by atoms with E-state index in [4.69, 9.17) is 25.4 Å². The summed E-state index contributed by atoms with van der Waals surface area (Å²) in [5, 5.41) is 6.93. The van der Waals surface area contributed by atoms with E-state index < -0.39 is 6.72 Å². The lowest BCUT2D eigenvalue weighted by atomic mass is 10.1. The summed E-state index contributed by atoms with van der Waals surface area (Å²) in [6, 6.07) is 0. The maximum absolute atomic E-state index is 5.72. The second-order valence-corrected chi connectivity index (χ2v) is 9.12. The molecule has 0 unspecified atom stereocenters. The minimum Gasteiger partial charge on any atom is -0.407 e. The third-order valence-corrected chi connectivity index (χ3v) is 5.53. The zero-order chi connectivity index (χ0) is 16.1. The molecule has 0 atom stereocenters. The lowest BCUT2D eigenvalue weighted by Gasteiger charge is -2.27. The van der Waals surface area contributed by atoms with Crippen LogP contribution in [0.15, 0.2) is 10.1 Å². The smallest absolute Gasteiger partial charge is 0.381 e. The zero-order valence-electron chi connectivity index (χ0n) is 13.5. The number of hydrogen-bond donors (Lipinski definition) is 0. The van der Waals surface area contributed by atoms with Gasteiger partial charge in [0, 0.05) is 18.9 Å². The molecule has 0 saturated carbocycles. The Labute approximate surface area is 136 Å². The second-order valence-electron chi connectivity index (χ2n) is 5.25. The normalized spacial score (nSPS) is 18.9. The summed E-state index contributed by atoms with van der Waals surface area (Å²) >= 11 is 6.91. The van der Waals surface area contributed by atoms with Crippen LogP contribution in [0.1, 0.15) is 34.6 Å². The molecule has 0 bridgehead atoms. The van der Waals surface area contributed by atoms with Crippen molar-refractivity contribution in [2.24, 2.45) is 10.1 Å². The van der Waals surface area contributed by atoms with Gasteiger partial charge in [-0.15, -0.1) is 5.10 Å². The van der Waals surface area contributed by atoms with E-state index in [1.807, 2.05) is 41.7 Å². The molecule has 1 aliphatic heterocycles. The first-order chi connectivity index (χ1) is 9.69. The molecule has 1 rings (SSSR count). The number of hydrogen-bond acceptors (Lipinski definition) is 7. The molecule has 9 heteroatoms. The lowest BCUT2D eigenvalue weighted by Crippen LogP contribution is -2.30. The first-order valence-corrected chi connectivity index (χ1v) is 10.4. The summed E-state index contributed by atoms with van der Waals surface area (Å²) in [6.07, 6.45) is 0. The molecule has 0 aromatic rings.